The van der Waals surface area contributed by atoms with Crippen molar-refractivity contribution in [3.05, 3.63) is 53.6 Å². The Balaban J connectivity index is 1.62. The Morgan fingerprint density at radius 3 is 2.70 bits per heavy atom. The van der Waals surface area contributed by atoms with Crippen LogP contribution in [0.5, 0.6) is 11.5 Å². The van der Waals surface area contributed by atoms with Gasteiger partial charge in [0.05, 0.1) is 11.5 Å². The number of carbonyl (C=O) groups excluding carboxylic acids is 1. The van der Waals surface area contributed by atoms with E-state index < -0.39 is 15.9 Å². The standard InChI is InChI=1S/C19H22N2O5S/c1-13(10-14-2-7-18-15(11-14)8-9-25-18)21-27(23,24)17-5-3-16(4-6-17)26-12-19(20)22/h2-7,11,13,21H,8-10,12H2,1H3,(H2,20,22). The van der Waals surface area contributed by atoms with Crippen molar-refractivity contribution in [1.82, 2.24) is 4.72 Å². The van der Waals surface area contributed by atoms with Crippen LogP contribution in [0.3, 0.4) is 0 Å². The van der Waals surface area contributed by atoms with E-state index >= 15 is 0 Å². The number of primary amides is 1. The van der Waals surface area contributed by atoms with E-state index in [-0.39, 0.29) is 17.5 Å². The first-order valence-electron chi connectivity index (χ1n) is 8.61. The van der Waals surface area contributed by atoms with Crippen molar-refractivity contribution >= 4 is 15.9 Å². The number of ether oxygens (including phenoxy) is 2. The third kappa shape index (κ3) is 4.99. The third-order valence-corrected chi connectivity index (χ3v) is 5.77. The average molecular weight is 390 g/mol. The number of hydrogen-bond donors (Lipinski definition) is 2. The summed E-state index contributed by atoms with van der Waals surface area (Å²) in [5.74, 6) is 0.687. The summed E-state index contributed by atoms with van der Waals surface area (Å²) in [6.45, 7) is 2.26. The number of rotatable bonds is 8. The summed E-state index contributed by atoms with van der Waals surface area (Å²) in [6, 6.07) is 11.5. The average Bonchev–Trinajstić information content (AvgIpc) is 3.07. The molecule has 0 radical (unpaired) electrons. The number of amides is 1. The van der Waals surface area contributed by atoms with Crippen LogP contribution in [0.15, 0.2) is 47.4 Å². The highest BCUT2D eigenvalue weighted by atomic mass is 32.2. The van der Waals surface area contributed by atoms with E-state index in [0.29, 0.717) is 18.8 Å². The second kappa shape index (κ2) is 7.98. The molecule has 0 saturated carbocycles. The largest absolute Gasteiger partial charge is 0.493 e. The first kappa shape index (κ1) is 19.2. The van der Waals surface area contributed by atoms with Crippen molar-refractivity contribution in [2.75, 3.05) is 13.2 Å². The topological polar surface area (TPSA) is 108 Å². The fourth-order valence-electron chi connectivity index (χ4n) is 2.96. The predicted octanol–water partition coefficient (Wildman–Crippen LogP) is 1.40. The molecule has 2 aromatic carbocycles. The van der Waals surface area contributed by atoms with Crippen molar-refractivity contribution in [2.45, 2.75) is 30.7 Å². The molecule has 2 aromatic rings. The molecule has 0 bridgehead atoms. The molecule has 0 saturated heterocycles. The highest BCUT2D eigenvalue weighted by Crippen LogP contribution is 2.26. The van der Waals surface area contributed by atoms with E-state index in [2.05, 4.69) is 10.8 Å². The molecule has 144 valence electrons. The molecule has 0 fully saturated rings. The number of nitrogens with two attached hydrogens (primary N) is 1. The second-order valence-electron chi connectivity index (χ2n) is 6.49. The summed E-state index contributed by atoms with van der Waals surface area (Å²) in [5, 5.41) is 0. The van der Waals surface area contributed by atoms with Crippen LogP contribution < -0.4 is 19.9 Å². The Kier molecular flexibility index (Phi) is 5.67. The minimum Gasteiger partial charge on any atom is -0.493 e. The summed E-state index contributed by atoms with van der Waals surface area (Å²) < 4.78 is 38.4. The smallest absolute Gasteiger partial charge is 0.255 e. The van der Waals surface area contributed by atoms with E-state index in [4.69, 9.17) is 15.2 Å². The number of hydrogen-bond acceptors (Lipinski definition) is 5. The maximum Gasteiger partial charge on any atom is 0.255 e. The van der Waals surface area contributed by atoms with E-state index in [1.807, 2.05) is 19.1 Å². The minimum absolute atomic E-state index is 0.128. The van der Waals surface area contributed by atoms with Gasteiger partial charge in [0.1, 0.15) is 11.5 Å². The van der Waals surface area contributed by atoms with Crippen LogP contribution in [0.2, 0.25) is 0 Å². The Morgan fingerprint density at radius 1 is 1.26 bits per heavy atom. The molecule has 8 heteroatoms. The Hall–Kier alpha value is -2.58. The van der Waals surface area contributed by atoms with Crippen LogP contribution in [0, 0.1) is 0 Å². The zero-order valence-corrected chi connectivity index (χ0v) is 15.8. The molecule has 3 N–H and O–H groups in total. The molecular weight excluding hydrogens is 368 g/mol. The monoisotopic (exact) mass is 390 g/mol. The SMILES string of the molecule is CC(Cc1ccc2c(c1)CCO2)NS(=O)(=O)c1ccc(OCC(N)=O)cc1. The van der Waals surface area contributed by atoms with Gasteiger partial charge < -0.3 is 15.2 Å². The second-order valence-corrected chi connectivity index (χ2v) is 8.21. The lowest BCUT2D eigenvalue weighted by Crippen LogP contribution is -2.34. The molecule has 7 nitrogen and oxygen atoms in total. The molecule has 1 unspecified atom stereocenters. The van der Waals surface area contributed by atoms with Crippen LogP contribution in [0.4, 0.5) is 0 Å². The van der Waals surface area contributed by atoms with Gasteiger partial charge in [0, 0.05) is 12.5 Å². The molecule has 1 aliphatic heterocycles. The van der Waals surface area contributed by atoms with E-state index in [1.165, 1.54) is 24.3 Å². The molecule has 1 amide bonds. The third-order valence-electron chi connectivity index (χ3n) is 4.17. The van der Waals surface area contributed by atoms with Gasteiger partial charge in [0.2, 0.25) is 10.0 Å². The highest BCUT2D eigenvalue weighted by Gasteiger charge is 2.19. The first-order chi connectivity index (χ1) is 12.8. The molecule has 1 aliphatic rings. The Bertz CT molecular complexity index is 926. The van der Waals surface area contributed by atoms with Gasteiger partial charge in [-0.25, -0.2) is 13.1 Å². The van der Waals surface area contributed by atoms with Crippen molar-refractivity contribution in [1.29, 1.82) is 0 Å². The van der Waals surface area contributed by atoms with Gasteiger partial charge in [0.15, 0.2) is 6.61 Å². The van der Waals surface area contributed by atoms with Gasteiger partial charge in [-0.05, 0) is 54.8 Å². The number of sulfonamides is 1. The molecule has 0 spiro atoms. The van der Waals surface area contributed by atoms with Gasteiger partial charge in [0.25, 0.3) is 5.91 Å². The zero-order valence-electron chi connectivity index (χ0n) is 15.0. The van der Waals surface area contributed by atoms with E-state index in [9.17, 15) is 13.2 Å². The van der Waals surface area contributed by atoms with Gasteiger partial charge in [-0.3, -0.25) is 4.79 Å². The van der Waals surface area contributed by atoms with Crippen LogP contribution in [-0.4, -0.2) is 33.6 Å². The fraction of sp³-hybridized carbons (Fsp3) is 0.316. The Labute approximate surface area is 158 Å². The van der Waals surface area contributed by atoms with Gasteiger partial charge in [-0.2, -0.15) is 0 Å². The normalized spacial score (nSPS) is 14.3. The number of carbonyl (C=O) groups is 1. The van der Waals surface area contributed by atoms with Crippen molar-refractivity contribution in [3.63, 3.8) is 0 Å². The van der Waals surface area contributed by atoms with Gasteiger partial charge in [-0.15, -0.1) is 0 Å². The summed E-state index contributed by atoms with van der Waals surface area (Å²) in [5.41, 5.74) is 7.23. The van der Waals surface area contributed by atoms with Gasteiger partial charge >= 0.3 is 0 Å². The number of nitrogens with one attached hydrogen (secondary N) is 1. The summed E-state index contributed by atoms with van der Waals surface area (Å²) in [4.78, 5) is 10.8. The number of benzene rings is 2. The molecular formula is C19H22N2O5S. The summed E-state index contributed by atoms with van der Waals surface area (Å²) in [6.07, 6.45) is 1.46. The Morgan fingerprint density at radius 2 is 2.00 bits per heavy atom. The molecule has 1 heterocycles. The lowest BCUT2D eigenvalue weighted by atomic mass is 10.0. The summed E-state index contributed by atoms with van der Waals surface area (Å²) >= 11 is 0. The predicted molar refractivity (Wildman–Crippen MR) is 100 cm³/mol. The van der Waals surface area contributed by atoms with Crippen molar-refractivity contribution in [3.8, 4) is 11.5 Å². The van der Waals surface area contributed by atoms with Gasteiger partial charge in [-0.1, -0.05) is 12.1 Å². The maximum absolute atomic E-state index is 12.6. The molecule has 27 heavy (non-hydrogen) atoms. The lowest BCUT2D eigenvalue weighted by molar-refractivity contribution is -0.119. The molecule has 0 aromatic heterocycles. The number of fused-ring (bicyclic) bond motifs is 1. The van der Waals surface area contributed by atoms with Crippen molar-refractivity contribution in [2.24, 2.45) is 5.73 Å². The minimum atomic E-state index is -3.66. The van der Waals surface area contributed by atoms with Crippen LogP contribution >= 0.6 is 0 Å². The maximum atomic E-state index is 12.6. The lowest BCUT2D eigenvalue weighted by Gasteiger charge is -2.15. The van der Waals surface area contributed by atoms with Crippen LogP contribution in [-0.2, 0) is 27.7 Å². The highest BCUT2D eigenvalue weighted by molar-refractivity contribution is 7.89. The zero-order chi connectivity index (χ0) is 19.4. The van der Waals surface area contributed by atoms with Crippen LogP contribution in [0.25, 0.3) is 0 Å². The first-order valence-corrected chi connectivity index (χ1v) is 10.1. The fourth-order valence-corrected chi connectivity index (χ4v) is 4.21. The molecule has 3 rings (SSSR count). The molecule has 1 atom stereocenters. The quantitative estimate of drug-likeness (QED) is 0.708. The molecule has 0 aliphatic carbocycles. The van der Waals surface area contributed by atoms with Crippen LogP contribution in [0.1, 0.15) is 18.1 Å². The van der Waals surface area contributed by atoms with E-state index in [0.717, 1.165) is 23.3 Å². The van der Waals surface area contributed by atoms with E-state index in [1.54, 1.807) is 0 Å². The summed E-state index contributed by atoms with van der Waals surface area (Å²) in [7, 11) is -3.66. The van der Waals surface area contributed by atoms with Crippen molar-refractivity contribution < 1.29 is 22.7 Å².